The molecule has 0 aliphatic rings. The number of hydrogen-bond acceptors (Lipinski definition) is 3. The average Bonchev–Trinajstić information content (AvgIpc) is 2.94. The van der Waals surface area contributed by atoms with Crippen LogP contribution in [0.4, 0.5) is 14.5 Å². The normalized spacial score (nSPS) is 11.2. The molecule has 0 spiro atoms. The van der Waals surface area contributed by atoms with Crippen molar-refractivity contribution in [3.8, 4) is 0 Å². The summed E-state index contributed by atoms with van der Waals surface area (Å²) in [5.74, 6) is -1.17. The van der Waals surface area contributed by atoms with E-state index in [9.17, 15) is 4.39 Å². The van der Waals surface area contributed by atoms with Crippen LogP contribution in [0.3, 0.4) is 0 Å². The van der Waals surface area contributed by atoms with Crippen molar-refractivity contribution < 1.29 is 8.78 Å². The lowest BCUT2D eigenvalue weighted by Gasteiger charge is -2.38. The van der Waals surface area contributed by atoms with Crippen molar-refractivity contribution in [3.63, 3.8) is 0 Å². The molecule has 4 aromatic carbocycles. The zero-order chi connectivity index (χ0) is 25.8. The topological polar surface area (TPSA) is 48.8 Å². The van der Waals surface area contributed by atoms with Gasteiger partial charge < -0.3 is 5.32 Å². The van der Waals surface area contributed by atoms with E-state index in [0.717, 1.165) is 16.7 Å². The number of anilines is 1. The predicted octanol–water partition coefficient (Wildman–Crippen LogP) is 7.94. The maximum Gasteiger partial charge on any atom is 0.213 e. The first kappa shape index (κ1) is 24.5. The Hall–Kier alpha value is -4.16. The molecule has 3 nitrogen and oxygen atoms in total. The molecule has 5 aromatic rings. The molecule has 0 atom stereocenters. The largest absolute Gasteiger partial charge is 0.367 e. The molecule has 0 amide bonds. The molecule has 0 bridgehead atoms. The lowest BCUT2D eigenvalue weighted by atomic mass is 9.76. The van der Waals surface area contributed by atoms with Crippen molar-refractivity contribution in [1.82, 2.24) is 4.98 Å². The molecule has 0 saturated carbocycles. The van der Waals surface area contributed by atoms with Crippen molar-refractivity contribution in [3.05, 3.63) is 166 Å². The molecule has 37 heavy (non-hydrogen) atoms. The maximum absolute atomic E-state index is 15.0. The Labute approximate surface area is 222 Å². The van der Waals surface area contributed by atoms with Gasteiger partial charge in [0.1, 0.15) is 11.4 Å². The van der Waals surface area contributed by atoms with Crippen molar-refractivity contribution in [1.29, 1.82) is 5.41 Å². The SMILES string of the molecule is N=C(c1ccnc(F)c1)c1cc(Br)c(F)cc1NC(c1ccccc1)(c1ccccc1)c1ccccc1. The summed E-state index contributed by atoms with van der Waals surface area (Å²) in [6.45, 7) is 0. The molecule has 6 heteroatoms. The van der Waals surface area contributed by atoms with Gasteiger partial charge in [0.25, 0.3) is 0 Å². The van der Waals surface area contributed by atoms with Gasteiger partial charge in [-0.1, -0.05) is 91.0 Å². The number of benzene rings is 4. The van der Waals surface area contributed by atoms with Gasteiger partial charge in [-0.25, -0.2) is 9.37 Å². The first-order valence-corrected chi connectivity index (χ1v) is 12.4. The minimum atomic E-state index is -0.928. The quantitative estimate of drug-likeness (QED) is 0.122. The summed E-state index contributed by atoms with van der Waals surface area (Å²) in [7, 11) is 0. The number of rotatable bonds is 7. The number of nitrogens with one attached hydrogen (secondary N) is 2. The fourth-order valence-electron chi connectivity index (χ4n) is 4.55. The standard InChI is InChI=1S/C31H22BrF2N3/c32-26-19-25(30(35)21-16-17-36-29(34)18-21)28(20-27(26)33)37-31(22-10-4-1-5-11-22,23-12-6-2-7-13-23)24-14-8-3-9-15-24/h1-20,35,37H. The Balaban J connectivity index is 1.78. The highest BCUT2D eigenvalue weighted by molar-refractivity contribution is 9.10. The van der Waals surface area contributed by atoms with E-state index < -0.39 is 17.3 Å². The van der Waals surface area contributed by atoms with Crippen LogP contribution in [-0.4, -0.2) is 10.7 Å². The van der Waals surface area contributed by atoms with Crippen molar-refractivity contribution in [2.75, 3.05) is 5.32 Å². The molecule has 0 aliphatic carbocycles. The van der Waals surface area contributed by atoms with Crippen molar-refractivity contribution >= 4 is 27.3 Å². The Bertz CT molecular complexity index is 1440. The lowest BCUT2D eigenvalue weighted by Crippen LogP contribution is -2.38. The van der Waals surface area contributed by atoms with E-state index in [1.807, 2.05) is 91.0 Å². The molecule has 0 radical (unpaired) electrons. The van der Waals surface area contributed by atoms with E-state index in [4.69, 9.17) is 5.41 Å². The van der Waals surface area contributed by atoms with Gasteiger partial charge >= 0.3 is 0 Å². The monoisotopic (exact) mass is 553 g/mol. The zero-order valence-electron chi connectivity index (χ0n) is 19.6. The maximum atomic E-state index is 15.0. The molecule has 182 valence electrons. The van der Waals surface area contributed by atoms with Gasteiger partial charge in [-0.15, -0.1) is 0 Å². The third kappa shape index (κ3) is 4.80. The second-order valence-electron chi connectivity index (χ2n) is 8.53. The fourth-order valence-corrected chi connectivity index (χ4v) is 4.90. The number of pyridine rings is 1. The summed E-state index contributed by atoms with van der Waals surface area (Å²) in [6.07, 6.45) is 1.31. The van der Waals surface area contributed by atoms with Crippen molar-refractivity contribution in [2.45, 2.75) is 5.54 Å². The van der Waals surface area contributed by atoms with E-state index in [1.165, 1.54) is 18.3 Å². The van der Waals surface area contributed by atoms with Gasteiger partial charge in [0.2, 0.25) is 5.95 Å². The highest BCUT2D eigenvalue weighted by atomic mass is 79.9. The van der Waals surface area contributed by atoms with E-state index in [2.05, 4.69) is 26.2 Å². The summed E-state index contributed by atoms with van der Waals surface area (Å²) in [4.78, 5) is 3.60. The molecule has 1 heterocycles. The van der Waals surface area contributed by atoms with Crippen LogP contribution >= 0.6 is 15.9 Å². The van der Waals surface area contributed by atoms with Gasteiger partial charge in [-0.2, -0.15) is 4.39 Å². The van der Waals surface area contributed by atoms with Gasteiger partial charge in [0.05, 0.1) is 10.2 Å². The summed E-state index contributed by atoms with van der Waals surface area (Å²) in [5, 5.41) is 12.6. The van der Waals surface area contributed by atoms with E-state index in [-0.39, 0.29) is 10.2 Å². The van der Waals surface area contributed by atoms with E-state index in [0.29, 0.717) is 16.8 Å². The van der Waals surface area contributed by atoms with Gasteiger partial charge in [-0.05, 0) is 50.8 Å². The van der Waals surface area contributed by atoms with Crippen molar-refractivity contribution in [2.24, 2.45) is 0 Å². The van der Waals surface area contributed by atoms with Gasteiger partial charge in [-0.3, -0.25) is 5.41 Å². The van der Waals surface area contributed by atoms with Crippen LogP contribution in [-0.2, 0) is 5.54 Å². The molecular formula is C31H22BrF2N3. The summed E-state index contributed by atoms with van der Waals surface area (Å²) in [5.41, 5.74) is 3.04. The molecule has 0 fully saturated rings. The van der Waals surface area contributed by atoms with Gasteiger partial charge in [0, 0.05) is 29.1 Å². The van der Waals surface area contributed by atoms with Gasteiger partial charge in [0.15, 0.2) is 0 Å². The molecule has 2 N–H and O–H groups in total. The van der Waals surface area contributed by atoms with Crippen LogP contribution in [0.2, 0.25) is 0 Å². The first-order chi connectivity index (χ1) is 18.0. The number of halogens is 3. The predicted molar refractivity (Wildman–Crippen MR) is 147 cm³/mol. The smallest absolute Gasteiger partial charge is 0.213 e. The minimum absolute atomic E-state index is 0.0348. The lowest BCUT2D eigenvalue weighted by molar-refractivity contribution is 0.583. The number of aromatic nitrogens is 1. The molecule has 0 aliphatic heterocycles. The summed E-state index contributed by atoms with van der Waals surface area (Å²) in [6, 6.07) is 35.4. The van der Waals surface area contributed by atoms with Crippen LogP contribution in [0.1, 0.15) is 27.8 Å². The minimum Gasteiger partial charge on any atom is -0.367 e. The Kier molecular flexibility index (Phi) is 6.93. The average molecular weight is 554 g/mol. The molecule has 0 saturated heterocycles. The summed E-state index contributed by atoms with van der Waals surface area (Å²) < 4.78 is 29.2. The van der Waals surface area contributed by atoms with E-state index >= 15 is 4.39 Å². The van der Waals surface area contributed by atoms with Crippen LogP contribution in [0.15, 0.2) is 126 Å². The fraction of sp³-hybridized carbons (Fsp3) is 0.0323. The van der Waals surface area contributed by atoms with Crippen LogP contribution in [0.5, 0.6) is 0 Å². The third-order valence-corrected chi connectivity index (χ3v) is 6.90. The second-order valence-corrected chi connectivity index (χ2v) is 9.38. The molecule has 0 unspecified atom stereocenters. The molecule has 5 rings (SSSR count). The Morgan fingerprint density at radius 3 is 1.73 bits per heavy atom. The van der Waals surface area contributed by atoms with Crippen LogP contribution < -0.4 is 5.32 Å². The first-order valence-electron chi connectivity index (χ1n) is 11.6. The zero-order valence-corrected chi connectivity index (χ0v) is 21.2. The highest BCUT2D eigenvalue weighted by Gasteiger charge is 2.37. The second kappa shape index (κ2) is 10.4. The third-order valence-electron chi connectivity index (χ3n) is 6.29. The van der Waals surface area contributed by atoms with E-state index in [1.54, 1.807) is 12.1 Å². The number of nitrogens with zero attached hydrogens (tertiary/aromatic N) is 1. The summed E-state index contributed by atoms with van der Waals surface area (Å²) >= 11 is 3.26. The number of hydrogen-bond donors (Lipinski definition) is 2. The molecule has 1 aromatic heterocycles. The van der Waals surface area contributed by atoms with Crippen LogP contribution in [0, 0.1) is 17.2 Å². The molecular weight excluding hydrogens is 532 g/mol. The highest BCUT2D eigenvalue weighted by Crippen LogP contribution is 2.41. The van der Waals surface area contributed by atoms with Crippen LogP contribution in [0.25, 0.3) is 0 Å². The Morgan fingerprint density at radius 2 is 1.24 bits per heavy atom. The Morgan fingerprint density at radius 1 is 0.730 bits per heavy atom.